The van der Waals surface area contributed by atoms with Gasteiger partial charge in [0, 0.05) is 25.6 Å². The normalized spacial score (nSPS) is 16.7. The molecule has 0 radical (unpaired) electrons. The first-order valence-corrected chi connectivity index (χ1v) is 7.31. The minimum absolute atomic E-state index is 0.0192. The van der Waals surface area contributed by atoms with E-state index >= 15 is 0 Å². The fourth-order valence-electron chi connectivity index (χ4n) is 2.27. The number of nitrogens with one attached hydrogen (secondary N) is 1. The lowest BCUT2D eigenvalue weighted by molar-refractivity contribution is -0.153. The summed E-state index contributed by atoms with van der Waals surface area (Å²) in [7, 11) is 1.28. The van der Waals surface area contributed by atoms with Crippen molar-refractivity contribution >= 4 is 17.8 Å². The Bertz CT molecular complexity index is 444. The van der Waals surface area contributed by atoms with Crippen molar-refractivity contribution in [3.05, 3.63) is 0 Å². The Morgan fingerprint density at radius 3 is 2.82 bits per heavy atom. The van der Waals surface area contributed by atoms with Crippen LogP contribution >= 0.6 is 0 Å². The van der Waals surface area contributed by atoms with E-state index in [2.05, 4.69) is 16.1 Å². The van der Waals surface area contributed by atoms with Crippen LogP contribution in [0, 0.1) is 12.5 Å². The van der Waals surface area contributed by atoms with Gasteiger partial charge in [0.05, 0.1) is 20.1 Å². The molecule has 1 heterocycles. The quantitative estimate of drug-likeness (QED) is 0.295. The van der Waals surface area contributed by atoms with Crippen molar-refractivity contribution in [2.75, 3.05) is 26.8 Å². The number of carbonyl (C=O) groups is 3. The van der Waals surface area contributed by atoms with E-state index < -0.39 is 18.0 Å². The first-order valence-electron chi connectivity index (χ1n) is 7.31. The average molecular weight is 310 g/mol. The summed E-state index contributed by atoms with van der Waals surface area (Å²) in [5.41, 5.74) is 0. The molecule has 1 aliphatic heterocycles. The molecule has 1 aliphatic rings. The Kier molecular flexibility index (Phi) is 7.83. The molecule has 0 aromatic heterocycles. The van der Waals surface area contributed by atoms with Gasteiger partial charge in [-0.1, -0.05) is 6.42 Å². The molecule has 0 bridgehead atoms. The zero-order chi connectivity index (χ0) is 16.4. The molecule has 1 rings (SSSR count). The Balaban J connectivity index is 2.38. The van der Waals surface area contributed by atoms with E-state index in [1.54, 1.807) is 0 Å². The van der Waals surface area contributed by atoms with E-state index in [1.807, 2.05) is 0 Å². The highest BCUT2D eigenvalue weighted by Gasteiger charge is 2.35. The molecule has 1 N–H and O–H groups in total. The number of likely N-dealkylation sites (tertiary alicyclic amines) is 1. The zero-order valence-electron chi connectivity index (χ0n) is 12.8. The summed E-state index contributed by atoms with van der Waals surface area (Å²) in [6.45, 7) is 1.34. The van der Waals surface area contributed by atoms with Gasteiger partial charge in [0.25, 0.3) is 0 Å². The van der Waals surface area contributed by atoms with Crippen molar-refractivity contribution in [1.82, 2.24) is 10.2 Å². The Morgan fingerprint density at radius 1 is 1.36 bits per heavy atom. The molecule has 0 aromatic rings. The molecule has 1 unspecified atom stereocenters. The van der Waals surface area contributed by atoms with E-state index in [4.69, 9.17) is 11.2 Å². The largest absolute Gasteiger partial charge is 0.469 e. The highest BCUT2D eigenvalue weighted by molar-refractivity contribution is 5.87. The minimum Gasteiger partial charge on any atom is -0.469 e. The summed E-state index contributed by atoms with van der Waals surface area (Å²) in [6.07, 6.45) is 7.05. The Labute approximate surface area is 130 Å². The van der Waals surface area contributed by atoms with Gasteiger partial charge in [-0.25, -0.2) is 4.79 Å². The highest BCUT2D eigenvalue weighted by Crippen LogP contribution is 2.20. The van der Waals surface area contributed by atoms with Crippen LogP contribution in [0.4, 0.5) is 0 Å². The van der Waals surface area contributed by atoms with Crippen LogP contribution in [-0.2, 0) is 23.9 Å². The number of rotatable bonds is 8. The number of amides is 1. The standard InChI is InChI=1S/C15H22N2O5/c1-3-16-9-5-11-22-15(20)12-6-4-10-17(12)13(18)7-8-14(19)21-2/h1,12,16H,4-11H2,2H3. The molecule has 1 amide bonds. The number of ether oxygens (including phenoxy) is 2. The van der Waals surface area contributed by atoms with Crippen molar-refractivity contribution in [2.45, 2.75) is 38.1 Å². The molecule has 0 spiro atoms. The van der Waals surface area contributed by atoms with Crippen LogP contribution in [0.25, 0.3) is 0 Å². The number of methoxy groups -OCH3 is 1. The van der Waals surface area contributed by atoms with Crippen molar-refractivity contribution < 1.29 is 23.9 Å². The second-order valence-electron chi connectivity index (χ2n) is 4.91. The zero-order valence-corrected chi connectivity index (χ0v) is 12.8. The topological polar surface area (TPSA) is 84.9 Å². The molecule has 7 nitrogen and oxygen atoms in total. The van der Waals surface area contributed by atoms with Crippen LogP contribution in [0.3, 0.4) is 0 Å². The van der Waals surface area contributed by atoms with Crippen molar-refractivity contribution in [3.8, 4) is 12.5 Å². The molecule has 122 valence electrons. The molecule has 0 saturated carbocycles. The molecular formula is C15H22N2O5. The molecule has 0 aliphatic carbocycles. The van der Waals surface area contributed by atoms with E-state index in [1.165, 1.54) is 12.0 Å². The summed E-state index contributed by atoms with van der Waals surface area (Å²) in [6, 6.07) is 1.73. The smallest absolute Gasteiger partial charge is 0.328 e. The second-order valence-corrected chi connectivity index (χ2v) is 4.91. The number of hydrogen-bond donors (Lipinski definition) is 1. The van der Waals surface area contributed by atoms with Gasteiger partial charge in [-0.05, 0) is 19.3 Å². The van der Waals surface area contributed by atoms with Gasteiger partial charge in [-0.15, -0.1) is 0 Å². The first-order chi connectivity index (χ1) is 10.6. The minimum atomic E-state index is -0.550. The molecule has 7 heteroatoms. The maximum absolute atomic E-state index is 12.1. The Morgan fingerprint density at radius 2 is 2.14 bits per heavy atom. The first kappa shape index (κ1) is 17.8. The monoisotopic (exact) mass is 310 g/mol. The highest BCUT2D eigenvalue weighted by atomic mass is 16.5. The van der Waals surface area contributed by atoms with Crippen LogP contribution in [0.2, 0.25) is 0 Å². The molecule has 1 saturated heterocycles. The van der Waals surface area contributed by atoms with Gasteiger partial charge in [0.1, 0.15) is 6.04 Å². The summed E-state index contributed by atoms with van der Waals surface area (Å²) in [5, 5.41) is 2.68. The molecule has 1 fully saturated rings. The number of hydrogen-bond acceptors (Lipinski definition) is 6. The van der Waals surface area contributed by atoms with Gasteiger partial charge in [0.2, 0.25) is 5.91 Å². The average Bonchev–Trinajstić information content (AvgIpc) is 3.01. The second kappa shape index (κ2) is 9.66. The molecule has 0 aromatic carbocycles. The van der Waals surface area contributed by atoms with E-state index in [0.29, 0.717) is 25.9 Å². The Hall–Kier alpha value is -2.23. The van der Waals surface area contributed by atoms with Crippen LogP contribution in [0.1, 0.15) is 32.1 Å². The number of esters is 2. The number of carbonyl (C=O) groups excluding carboxylic acids is 3. The van der Waals surface area contributed by atoms with Crippen LogP contribution in [0.15, 0.2) is 0 Å². The number of nitrogens with zero attached hydrogens (tertiary/aromatic N) is 1. The maximum Gasteiger partial charge on any atom is 0.328 e. The van der Waals surface area contributed by atoms with Crippen molar-refractivity contribution in [3.63, 3.8) is 0 Å². The molecule has 22 heavy (non-hydrogen) atoms. The van der Waals surface area contributed by atoms with Gasteiger partial charge < -0.3 is 19.7 Å². The van der Waals surface area contributed by atoms with E-state index in [0.717, 1.165) is 6.42 Å². The lowest BCUT2D eigenvalue weighted by atomic mass is 10.2. The van der Waals surface area contributed by atoms with Gasteiger partial charge in [0.15, 0.2) is 0 Å². The van der Waals surface area contributed by atoms with Crippen molar-refractivity contribution in [1.29, 1.82) is 0 Å². The fourth-order valence-corrected chi connectivity index (χ4v) is 2.27. The van der Waals surface area contributed by atoms with E-state index in [-0.39, 0.29) is 25.4 Å². The lowest BCUT2D eigenvalue weighted by Gasteiger charge is -2.23. The third kappa shape index (κ3) is 5.64. The van der Waals surface area contributed by atoms with Gasteiger partial charge in [-0.3, -0.25) is 9.59 Å². The predicted octanol–water partition coefficient (Wildman–Crippen LogP) is 0.0442. The third-order valence-electron chi connectivity index (χ3n) is 3.41. The van der Waals surface area contributed by atoms with Crippen LogP contribution < -0.4 is 5.32 Å². The summed E-state index contributed by atoms with van der Waals surface area (Å²) >= 11 is 0. The fraction of sp³-hybridized carbons (Fsp3) is 0.667. The summed E-state index contributed by atoms with van der Waals surface area (Å²) in [5.74, 6) is -1.06. The van der Waals surface area contributed by atoms with Crippen LogP contribution in [0.5, 0.6) is 0 Å². The molecular weight excluding hydrogens is 288 g/mol. The third-order valence-corrected chi connectivity index (χ3v) is 3.41. The summed E-state index contributed by atoms with van der Waals surface area (Å²) < 4.78 is 9.67. The summed E-state index contributed by atoms with van der Waals surface area (Å²) in [4.78, 5) is 36.7. The van der Waals surface area contributed by atoms with E-state index in [9.17, 15) is 14.4 Å². The lowest BCUT2D eigenvalue weighted by Crippen LogP contribution is -2.41. The van der Waals surface area contributed by atoms with Gasteiger partial charge >= 0.3 is 11.9 Å². The van der Waals surface area contributed by atoms with Crippen molar-refractivity contribution in [2.24, 2.45) is 0 Å². The number of terminal acetylenes is 1. The molecule has 1 atom stereocenters. The predicted molar refractivity (Wildman–Crippen MR) is 78.4 cm³/mol. The van der Waals surface area contributed by atoms with Gasteiger partial charge in [-0.2, -0.15) is 0 Å². The maximum atomic E-state index is 12.1. The van der Waals surface area contributed by atoms with Crippen LogP contribution in [-0.4, -0.2) is 55.6 Å². The SMILES string of the molecule is C#CNCCCOC(=O)C1CCCN1C(=O)CCC(=O)OC.